The van der Waals surface area contributed by atoms with E-state index in [9.17, 15) is 4.79 Å². The number of pyridine rings is 1. The topological polar surface area (TPSA) is 54.5 Å². The summed E-state index contributed by atoms with van der Waals surface area (Å²) in [5, 5.41) is 4.61. The summed E-state index contributed by atoms with van der Waals surface area (Å²) in [6, 6.07) is 9.13. The average molecular weight is 348 g/mol. The number of fused-ring (bicyclic) bond motifs is 1. The Labute approximate surface area is 146 Å². The number of ether oxygens (including phenoxy) is 1. The number of nitrogens with zero attached hydrogens (tertiary/aromatic N) is 2. The highest BCUT2D eigenvalue weighted by Crippen LogP contribution is 2.25. The lowest BCUT2D eigenvalue weighted by Gasteiger charge is -2.42. The molecule has 0 saturated carbocycles. The largest absolute Gasteiger partial charge is 0.381 e. The molecule has 1 fully saturated rings. The molecule has 1 aromatic carbocycles. The van der Waals surface area contributed by atoms with E-state index in [2.05, 4.69) is 15.2 Å². The first-order valence-corrected chi connectivity index (χ1v) is 8.48. The molecule has 6 heteroatoms. The Morgan fingerprint density at radius 1 is 1.29 bits per heavy atom. The Hall–Kier alpha value is -1.69. The summed E-state index contributed by atoms with van der Waals surface area (Å²) < 4.78 is 5.46. The average Bonchev–Trinajstić information content (AvgIpc) is 2.59. The maximum Gasteiger partial charge on any atom is 0.269 e. The van der Waals surface area contributed by atoms with E-state index in [0.29, 0.717) is 17.3 Å². The van der Waals surface area contributed by atoms with Crippen LogP contribution in [0.2, 0.25) is 5.02 Å². The van der Waals surface area contributed by atoms with E-state index in [4.69, 9.17) is 16.3 Å². The molecule has 5 nitrogen and oxygen atoms in total. The first kappa shape index (κ1) is 17.1. The first-order valence-electron chi connectivity index (χ1n) is 8.10. The zero-order valence-electron chi connectivity index (χ0n) is 14.0. The predicted molar refractivity (Wildman–Crippen MR) is 95.6 cm³/mol. The zero-order chi connectivity index (χ0) is 17.2. The summed E-state index contributed by atoms with van der Waals surface area (Å²) in [4.78, 5) is 19.1. The third-order valence-electron chi connectivity index (χ3n) is 4.84. The maximum absolute atomic E-state index is 12.5. The summed E-state index contributed by atoms with van der Waals surface area (Å²) in [6.07, 6.45) is 1.81. The first-order chi connectivity index (χ1) is 11.5. The van der Waals surface area contributed by atoms with Crippen LogP contribution in [0.4, 0.5) is 0 Å². The minimum atomic E-state index is -0.162. The van der Waals surface area contributed by atoms with Crippen molar-refractivity contribution in [3.63, 3.8) is 0 Å². The number of benzene rings is 1. The van der Waals surface area contributed by atoms with Crippen LogP contribution in [0.3, 0.4) is 0 Å². The molecule has 1 aliphatic rings. The molecule has 3 rings (SSSR count). The molecule has 0 radical (unpaired) electrons. The summed E-state index contributed by atoms with van der Waals surface area (Å²) in [6.45, 7) is 2.03. The van der Waals surface area contributed by atoms with Gasteiger partial charge >= 0.3 is 0 Å². The molecule has 1 aromatic heterocycles. The molecule has 2 aromatic rings. The number of carbonyl (C=O) groups is 1. The summed E-state index contributed by atoms with van der Waals surface area (Å²) in [7, 11) is 4.10. The van der Waals surface area contributed by atoms with Crippen molar-refractivity contribution in [3.8, 4) is 0 Å². The second-order valence-corrected chi connectivity index (χ2v) is 6.88. The van der Waals surface area contributed by atoms with E-state index in [-0.39, 0.29) is 11.4 Å². The Morgan fingerprint density at radius 3 is 2.71 bits per heavy atom. The van der Waals surface area contributed by atoms with Gasteiger partial charge in [-0.3, -0.25) is 4.79 Å². The van der Waals surface area contributed by atoms with Crippen LogP contribution in [0.15, 0.2) is 30.3 Å². The molecular weight excluding hydrogens is 326 g/mol. The molecule has 24 heavy (non-hydrogen) atoms. The monoisotopic (exact) mass is 347 g/mol. The van der Waals surface area contributed by atoms with Crippen LogP contribution >= 0.6 is 11.6 Å². The van der Waals surface area contributed by atoms with Crippen LogP contribution in [0, 0.1) is 0 Å². The van der Waals surface area contributed by atoms with Crippen molar-refractivity contribution in [1.29, 1.82) is 0 Å². The SMILES string of the molecule is CN(C)C1(CNC(=O)c2ccc3ccc(Cl)cc3n2)CCOCC1. The number of hydrogen-bond donors (Lipinski definition) is 1. The van der Waals surface area contributed by atoms with Gasteiger partial charge in [-0.15, -0.1) is 0 Å². The van der Waals surface area contributed by atoms with Crippen molar-refractivity contribution in [1.82, 2.24) is 15.2 Å². The van der Waals surface area contributed by atoms with E-state index >= 15 is 0 Å². The number of halogens is 1. The number of nitrogens with one attached hydrogen (secondary N) is 1. The third-order valence-corrected chi connectivity index (χ3v) is 5.07. The van der Waals surface area contributed by atoms with Gasteiger partial charge in [0, 0.05) is 35.7 Å². The van der Waals surface area contributed by atoms with Gasteiger partial charge in [0.25, 0.3) is 5.91 Å². The highest BCUT2D eigenvalue weighted by Gasteiger charge is 2.35. The van der Waals surface area contributed by atoms with Crippen molar-refractivity contribution < 1.29 is 9.53 Å². The van der Waals surface area contributed by atoms with E-state index < -0.39 is 0 Å². The Morgan fingerprint density at radius 2 is 2.00 bits per heavy atom. The molecule has 0 atom stereocenters. The second-order valence-electron chi connectivity index (χ2n) is 6.45. The van der Waals surface area contributed by atoms with Crippen LogP contribution < -0.4 is 5.32 Å². The molecule has 1 amide bonds. The Kier molecular flexibility index (Phi) is 5.04. The van der Waals surface area contributed by atoms with Gasteiger partial charge in [-0.25, -0.2) is 4.98 Å². The molecule has 0 bridgehead atoms. The molecular formula is C18H22ClN3O2. The number of likely N-dealkylation sites (N-methyl/N-ethyl adjacent to an activating group) is 1. The number of hydrogen-bond acceptors (Lipinski definition) is 4. The van der Waals surface area contributed by atoms with E-state index in [1.54, 1.807) is 12.1 Å². The van der Waals surface area contributed by atoms with Gasteiger partial charge in [0.1, 0.15) is 5.69 Å². The standard InChI is InChI=1S/C18H22ClN3O2/c1-22(2)18(7-9-24-10-8-18)12-20-17(23)15-6-4-13-3-5-14(19)11-16(13)21-15/h3-6,11H,7-10,12H2,1-2H3,(H,20,23). The van der Waals surface area contributed by atoms with Gasteiger partial charge in [-0.05, 0) is 45.1 Å². The van der Waals surface area contributed by atoms with Gasteiger partial charge < -0.3 is 15.0 Å². The van der Waals surface area contributed by atoms with Crippen molar-refractivity contribution >= 4 is 28.4 Å². The van der Waals surface area contributed by atoms with Crippen molar-refractivity contribution in [2.45, 2.75) is 18.4 Å². The maximum atomic E-state index is 12.5. The summed E-state index contributed by atoms with van der Waals surface area (Å²) in [5.41, 5.74) is 1.07. The quantitative estimate of drug-likeness (QED) is 0.924. The molecule has 0 spiro atoms. The number of amides is 1. The van der Waals surface area contributed by atoms with E-state index in [1.807, 2.05) is 32.3 Å². The van der Waals surface area contributed by atoms with E-state index in [0.717, 1.165) is 37.0 Å². The lowest BCUT2D eigenvalue weighted by atomic mass is 9.88. The molecule has 2 heterocycles. The number of carbonyl (C=O) groups excluding carboxylic acids is 1. The minimum Gasteiger partial charge on any atom is -0.381 e. The van der Waals surface area contributed by atoms with Crippen molar-refractivity contribution in [2.24, 2.45) is 0 Å². The van der Waals surface area contributed by atoms with Gasteiger partial charge in [-0.1, -0.05) is 23.7 Å². The summed E-state index contributed by atoms with van der Waals surface area (Å²) in [5.74, 6) is -0.162. The number of aromatic nitrogens is 1. The van der Waals surface area contributed by atoms with Gasteiger partial charge in [0.05, 0.1) is 5.52 Å². The van der Waals surface area contributed by atoms with Gasteiger partial charge in [0.2, 0.25) is 0 Å². The van der Waals surface area contributed by atoms with Crippen LogP contribution in [-0.4, -0.2) is 55.2 Å². The predicted octanol–water partition coefficient (Wildman–Crippen LogP) is 2.73. The lowest BCUT2D eigenvalue weighted by Crippen LogP contribution is -2.55. The molecule has 1 N–H and O–H groups in total. The van der Waals surface area contributed by atoms with Crippen LogP contribution in [0.25, 0.3) is 10.9 Å². The number of rotatable bonds is 4. The fourth-order valence-electron chi connectivity index (χ4n) is 3.09. The highest BCUT2D eigenvalue weighted by molar-refractivity contribution is 6.31. The fraction of sp³-hybridized carbons (Fsp3) is 0.444. The third kappa shape index (κ3) is 3.53. The summed E-state index contributed by atoms with van der Waals surface area (Å²) >= 11 is 6.01. The van der Waals surface area contributed by atoms with Crippen molar-refractivity contribution in [3.05, 3.63) is 41.0 Å². The van der Waals surface area contributed by atoms with Gasteiger partial charge in [-0.2, -0.15) is 0 Å². The van der Waals surface area contributed by atoms with E-state index in [1.165, 1.54) is 0 Å². The molecule has 128 valence electrons. The van der Waals surface area contributed by atoms with Crippen LogP contribution in [0.5, 0.6) is 0 Å². The molecule has 0 unspecified atom stereocenters. The smallest absolute Gasteiger partial charge is 0.269 e. The molecule has 0 aliphatic carbocycles. The molecule has 1 aliphatic heterocycles. The fourth-order valence-corrected chi connectivity index (χ4v) is 3.25. The molecule has 1 saturated heterocycles. The lowest BCUT2D eigenvalue weighted by molar-refractivity contribution is -0.00659. The van der Waals surface area contributed by atoms with Crippen LogP contribution in [-0.2, 0) is 4.74 Å². The second kappa shape index (κ2) is 7.05. The Balaban J connectivity index is 1.74. The van der Waals surface area contributed by atoms with Crippen molar-refractivity contribution in [2.75, 3.05) is 33.9 Å². The van der Waals surface area contributed by atoms with Gasteiger partial charge in [0.15, 0.2) is 0 Å². The normalized spacial score (nSPS) is 17.2. The highest BCUT2D eigenvalue weighted by atomic mass is 35.5. The zero-order valence-corrected chi connectivity index (χ0v) is 14.8. The van der Waals surface area contributed by atoms with Crippen LogP contribution in [0.1, 0.15) is 23.3 Å². The Bertz CT molecular complexity index is 742. The minimum absolute atomic E-state index is 0.0614.